The molecule has 0 aliphatic heterocycles. The van der Waals surface area contributed by atoms with E-state index >= 15 is 0 Å². The van der Waals surface area contributed by atoms with Crippen molar-refractivity contribution in [1.82, 2.24) is 9.55 Å². The van der Waals surface area contributed by atoms with Crippen LogP contribution >= 0.6 is 0 Å². The van der Waals surface area contributed by atoms with Crippen LogP contribution < -0.4 is 0 Å². The second kappa shape index (κ2) is 7.44. The van der Waals surface area contributed by atoms with E-state index in [4.69, 9.17) is 0 Å². The lowest BCUT2D eigenvalue weighted by Gasteiger charge is -2.09. The van der Waals surface area contributed by atoms with Crippen LogP contribution in [0.25, 0.3) is 22.3 Å². The predicted molar refractivity (Wildman–Crippen MR) is 124 cm³/mol. The number of nitrogens with one attached hydrogen (secondary N) is 1. The van der Waals surface area contributed by atoms with Gasteiger partial charge in [-0.05, 0) is 62.4 Å². The smallest absolute Gasteiger partial charge is 0.0276 e. The number of hydrogen-bond donors (Lipinski definition) is 1. The molecule has 4 aromatic rings. The molecule has 1 N–H and O–H groups in total. The standard InChI is InChI=1S/C27H30N2/c1-17-19(3)28-25(27(17)23-12-8-7-9-13-23)16-22-11-10-14-24(15-22)26-18(2)20(4)29(6)21(26)5/h7-15,28H,16H2,1-6H3. The van der Waals surface area contributed by atoms with Crippen LogP contribution in [0.2, 0.25) is 0 Å². The minimum Gasteiger partial charge on any atom is -0.361 e. The molecule has 29 heavy (non-hydrogen) atoms. The first kappa shape index (κ1) is 19.3. The molecule has 0 unspecified atom stereocenters. The van der Waals surface area contributed by atoms with Gasteiger partial charge in [-0.3, -0.25) is 0 Å². The summed E-state index contributed by atoms with van der Waals surface area (Å²) in [5.41, 5.74) is 14.6. The van der Waals surface area contributed by atoms with E-state index in [1.165, 1.54) is 61.7 Å². The van der Waals surface area contributed by atoms with Crippen LogP contribution in [0.3, 0.4) is 0 Å². The van der Waals surface area contributed by atoms with Crippen molar-refractivity contribution in [2.24, 2.45) is 7.05 Å². The van der Waals surface area contributed by atoms with Crippen LogP contribution in [0.1, 0.15) is 39.5 Å². The highest BCUT2D eigenvalue weighted by molar-refractivity contribution is 5.74. The molecule has 0 bridgehead atoms. The molecule has 2 heteroatoms. The van der Waals surface area contributed by atoms with E-state index in [0.29, 0.717) is 0 Å². The third-order valence-corrected chi connectivity index (χ3v) is 6.52. The molecule has 0 atom stereocenters. The van der Waals surface area contributed by atoms with Crippen molar-refractivity contribution in [3.8, 4) is 22.3 Å². The number of aromatic nitrogens is 2. The largest absolute Gasteiger partial charge is 0.361 e. The van der Waals surface area contributed by atoms with Crippen molar-refractivity contribution >= 4 is 0 Å². The van der Waals surface area contributed by atoms with E-state index in [1.54, 1.807) is 0 Å². The van der Waals surface area contributed by atoms with E-state index < -0.39 is 0 Å². The predicted octanol–water partition coefficient (Wildman–Crippen LogP) is 6.82. The van der Waals surface area contributed by atoms with Gasteiger partial charge < -0.3 is 9.55 Å². The topological polar surface area (TPSA) is 20.7 Å². The van der Waals surface area contributed by atoms with Crippen molar-refractivity contribution in [3.63, 3.8) is 0 Å². The molecule has 2 heterocycles. The highest BCUT2D eigenvalue weighted by Gasteiger charge is 2.16. The van der Waals surface area contributed by atoms with E-state index in [9.17, 15) is 0 Å². The summed E-state index contributed by atoms with van der Waals surface area (Å²) in [6.45, 7) is 11.0. The van der Waals surface area contributed by atoms with E-state index in [0.717, 1.165) is 6.42 Å². The van der Waals surface area contributed by atoms with Crippen molar-refractivity contribution in [2.75, 3.05) is 0 Å². The molecule has 0 saturated heterocycles. The summed E-state index contributed by atoms with van der Waals surface area (Å²) in [5.74, 6) is 0. The molecule has 0 radical (unpaired) electrons. The number of hydrogen-bond acceptors (Lipinski definition) is 0. The summed E-state index contributed by atoms with van der Waals surface area (Å²) in [7, 11) is 2.15. The molecular formula is C27H30N2. The summed E-state index contributed by atoms with van der Waals surface area (Å²) in [5, 5.41) is 0. The maximum Gasteiger partial charge on any atom is 0.0276 e. The second-order valence-corrected chi connectivity index (χ2v) is 8.20. The fourth-order valence-electron chi connectivity index (χ4n) is 4.51. The lowest BCUT2D eigenvalue weighted by molar-refractivity contribution is 0.841. The van der Waals surface area contributed by atoms with E-state index in [1.807, 2.05) is 0 Å². The third-order valence-electron chi connectivity index (χ3n) is 6.52. The van der Waals surface area contributed by atoms with Crippen LogP contribution in [0.5, 0.6) is 0 Å². The first-order valence-corrected chi connectivity index (χ1v) is 10.3. The van der Waals surface area contributed by atoms with Gasteiger partial charge in [0.2, 0.25) is 0 Å². The van der Waals surface area contributed by atoms with Crippen molar-refractivity contribution in [2.45, 2.75) is 41.0 Å². The molecule has 0 spiro atoms. The Labute approximate surface area is 174 Å². The fourth-order valence-corrected chi connectivity index (χ4v) is 4.51. The maximum atomic E-state index is 3.65. The van der Waals surface area contributed by atoms with E-state index in [2.05, 4.69) is 106 Å². The molecule has 2 nitrogen and oxygen atoms in total. The molecule has 0 fully saturated rings. The van der Waals surface area contributed by atoms with Crippen LogP contribution in [0.15, 0.2) is 54.6 Å². The molecule has 2 aromatic heterocycles. The van der Waals surface area contributed by atoms with Gasteiger partial charge in [-0.1, -0.05) is 54.6 Å². The fraction of sp³-hybridized carbons (Fsp3) is 0.259. The van der Waals surface area contributed by atoms with Gasteiger partial charge in [0.05, 0.1) is 0 Å². The minimum absolute atomic E-state index is 0.899. The number of rotatable bonds is 4. The van der Waals surface area contributed by atoms with Gasteiger partial charge in [0.15, 0.2) is 0 Å². The molecular weight excluding hydrogens is 352 g/mol. The Kier molecular flexibility index (Phi) is 4.96. The Hall–Kier alpha value is -3.00. The Morgan fingerprint density at radius 3 is 2.07 bits per heavy atom. The van der Waals surface area contributed by atoms with Gasteiger partial charge in [0, 0.05) is 47.4 Å². The van der Waals surface area contributed by atoms with Crippen LogP contribution in [-0.2, 0) is 13.5 Å². The van der Waals surface area contributed by atoms with Gasteiger partial charge in [-0.2, -0.15) is 0 Å². The zero-order valence-electron chi connectivity index (χ0n) is 18.4. The monoisotopic (exact) mass is 382 g/mol. The summed E-state index contributed by atoms with van der Waals surface area (Å²) in [4.78, 5) is 3.65. The van der Waals surface area contributed by atoms with Crippen molar-refractivity contribution < 1.29 is 0 Å². The van der Waals surface area contributed by atoms with Crippen molar-refractivity contribution in [1.29, 1.82) is 0 Å². The normalized spacial score (nSPS) is 11.2. The van der Waals surface area contributed by atoms with Gasteiger partial charge in [0.25, 0.3) is 0 Å². The summed E-state index contributed by atoms with van der Waals surface area (Å²) in [6.07, 6.45) is 0.899. The number of aryl methyl sites for hydroxylation is 1. The van der Waals surface area contributed by atoms with Gasteiger partial charge in [-0.15, -0.1) is 0 Å². The van der Waals surface area contributed by atoms with Crippen molar-refractivity contribution in [3.05, 3.63) is 94.1 Å². The molecule has 4 rings (SSSR count). The molecule has 0 amide bonds. The zero-order chi connectivity index (χ0) is 20.7. The zero-order valence-corrected chi connectivity index (χ0v) is 18.4. The second-order valence-electron chi connectivity index (χ2n) is 8.20. The average Bonchev–Trinajstić information content (AvgIpc) is 3.10. The Balaban J connectivity index is 1.76. The van der Waals surface area contributed by atoms with Crippen LogP contribution in [0, 0.1) is 34.6 Å². The van der Waals surface area contributed by atoms with Crippen LogP contribution in [0.4, 0.5) is 0 Å². The summed E-state index contributed by atoms with van der Waals surface area (Å²) < 4.78 is 2.29. The Morgan fingerprint density at radius 2 is 1.41 bits per heavy atom. The van der Waals surface area contributed by atoms with Gasteiger partial charge in [-0.25, -0.2) is 0 Å². The quantitative estimate of drug-likeness (QED) is 0.400. The van der Waals surface area contributed by atoms with E-state index in [-0.39, 0.29) is 0 Å². The maximum absolute atomic E-state index is 3.65. The summed E-state index contributed by atoms with van der Waals surface area (Å²) >= 11 is 0. The molecule has 0 saturated carbocycles. The average molecular weight is 383 g/mol. The molecule has 2 aromatic carbocycles. The molecule has 0 aliphatic rings. The molecule has 148 valence electrons. The number of aromatic amines is 1. The highest BCUT2D eigenvalue weighted by Crippen LogP contribution is 2.34. The highest BCUT2D eigenvalue weighted by atomic mass is 15.0. The first-order valence-electron chi connectivity index (χ1n) is 10.3. The number of nitrogens with zero attached hydrogens (tertiary/aromatic N) is 1. The van der Waals surface area contributed by atoms with Gasteiger partial charge >= 0.3 is 0 Å². The SMILES string of the molecule is Cc1[nH]c(Cc2cccc(-c3c(C)c(C)n(C)c3C)c2)c(-c2ccccc2)c1C. The number of benzene rings is 2. The molecule has 0 aliphatic carbocycles. The summed E-state index contributed by atoms with van der Waals surface area (Å²) in [6, 6.07) is 19.7. The van der Waals surface area contributed by atoms with Gasteiger partial charge in [0.1, 0.15) is 0 Å². The third kappa shape index (κ3) is 3.33. The number of H-pyrrole nitrogens is 1. The lowest BCUT2D eigenvalue weighted by atomic mass is 9.95. The Bertz CT molecular complexity index is 1150. The Morgan fingerprint density at radius 1 is 0.724 bits per heavy atom. The first-order chi connectivity index (χ1) is 13.9. The van der Waals surface area contributed by atoms with Crippen LogP contribution in [-0.4, -0.2) is 9.55 Å². The lowest BCUT2D eigenvalue weighted by Crippen LogP contribution is -1.94. The minimum atomic E-state index is 0.899.